The van der Waals surface area contributed by atoms with E-state index in [1.807, 2.05) is 25.1 Å². The Balaban J connectivity index is 2.16. The molecular formula is C14H11NO3. The molecule has 0 bridgehead atoms. The number of fused-ring (bicyclic) bond motifs is 1. The Morgan fingerprint density at radius 3 is 2.78 bits per heavy atom. The number of furan rings is 1. The molecule has 0 aliphatic carbocycles. The molecule has 2 heterocycles. The lowest BCUT2D eigenvalue weighted by Crippen LogP contribution is -1.83. The molecule has 0 aliphatic heterocycles. The molecule has 0 atom stereocenters. The summed E-state index contributed by atoms with van der Waals surface area (Å²) in [6, 6.07) is 5.98. The molecule has 0 N–H and O–H groups in total. The first-order chi connectivity index (χ1) is 8.69. The largest absolute Gasteiger partial charge is 0.455 e. The van der Waals surface area contributed by atoms with E-state index in [1.54, 1.807) is 0 Å². The van der Waals surface area contributed by atoms with E-state index in [4.69, 9.17) is 8.83 Å². The number of nitrogens with zero attached hydrogens (tertiary/aromatic N) is 1. The highest BCUT2D eigenvalue weighted by atomic mass is 16.4. The van der Waals surface area contributed by atoms with Crippen molar-refractivity contribution in [2.75, 3.05) is 0 Å². The summed E-state index contributed by atoms with van der Waals surface area (Å²) < 4.78 is 10.6. The molecule has 0 saturated heterocycles. The van der Waals surface area contributed by atoms with Gasteiger partial charge in [-0.25, -0.2) is 4.98 Å². The Kier molecular flexibility index (Phi) is 2.30. The van der Waals surface area contributed by atoms with Crippen molar-refractivity contribution in [3.63, 3.8) is 0 Å². The first kappa shape index (κ1) is 10.8. The minimum Gasteiger partial charge on any atom is -0.455 e. The second-order valence-corrected chi connectivity index (χ2v) is 4.25. The van der Waals surface area contributed by atoms with Gasteiger partial charge in [-0.3, -0.25) is 4.79 Å². The number of oxazole rings is 1. The van der Waals surface area contributed by atoms with Crippen LogP contribution in [0.5, 0.6) is 0 Å². The summed E-state index contributed by atoms with van der Waals surface area (Å²) in [6.07, 6.45) is 2.05. The molecule has 18 heavy (non-hydrogen) atoms. The lowest BCUT2D eigenvalue weighted by atomic mass is 10.1. The summed E-state index contributed by atoms with van der Waals surface area (Å²) in [5.41, 5.74) is 4.24. The van der Waals surface area contributed by atoms with Crippen LogP contribution in [-0.2, 0) is 0 Å². The number of rotatable bonds is 2. The minimum absolute atomic E-state index is 0.174. The highest BCUT2D eigenvalue weighted by Gasteiger charge is 2.15. The fraction of sp³-hybridized carbons (Fsp3) is 0.143. The van der Waals surface area contributed by atoms with E-state index in [0.717, 1.165) is 5.56 Å². The highest BCUT2D eigenvalue weighted by molar-refractivity contribution is 5.91. The zero-order chi connectivity index (χ0) is 12.7. The van der Waals surface area contributed by atoms with Crippen LogP contribution in [0, 0.1) is 13.8 Å². The quantitative estimate of drug-likeness (QED) is 0.644. The number of aryl methyl sites for hydroxylation is 2. The molecule has 3 aromatic rings. The molecule has 4 heteroatoms. The Morgan fingerprint density at radius 2 is 2.06 bits per heavy atom. The summed E-state index contributed by atoms with van der Waals surface area (Å²) in [6.45, 7) is 4.09. The van der Waals surface area contributed by atoms with Crippen LogP contribution in [-0.4, -0.2) is 11.3 Å². The topological polar surface area (TPSA) is 56.2 Å². The van der Waals surface area contributed by atoms with E-state index in [1.165, 1.54) is 17.4 Å². The first-order valence-corrected chi connectivity index (χ1v) is 5.60. The van der Waals surface area contributed by atoms with Gasteiger partial charge in [0.1, 0.15) is 11.8 Å². The molecule has 1 aromatic carbocycles. The van der Waals surface area contributed by atoms with Crippen LogP contribution in [0.15, 0.2) is 33.3 Å². The molecule has 90 valence electrons. The molecule has 2 aromatic heterocycles. The second-order valence-electron chi connectivity index (χ2n) is 4.25. The summed E-state index contributed by atoms with van der Waals surface area (Å²) in [4.78, 5) is 15.0. The van der Waals surface area contributed by atoms with E-state index in [-0.39, 0.29) is 5.76 Å². The molecule has 0 saturated carbocycles. The van der Waals surface area contributed by atoms with Crippen LogP contribution in [0.3, 0.4) is 0 Å². The molecule has 0 unspecified atom stereocenters. The van der Waals surface area contributed by atoms with E-state index in [0.29, 0.717) is 23.3 Å². The maximum Gasteiger partial charge on any atom is 0.227 e. The maximum atomic E-state index is 10.7. The first-order valence-electron chi connectivity index (χ1n) is 5.60. The highest BCUT2D eigenvalue weighted by Crippen LogP contribution is 2.28. The zero-order valence-corrected chi connectivity index (χ0v) is 10.1. The number of hydrogen-bond donors (Lipinski definition) is 0. The Bertz CT molecular complexity index is 737. The minimum atomic E-state index is 0.174. The van der Waals surface area contributed by atoms with Crippen molar-refractivity contribution in [3.8, 4) is 11.5 Å². The van der Waals surface area contributed by atoms with Crippen LogP contribution in [0.4, 0.5) is 0 Å². The summed E-state index contributed by atoms with van der Waals surface area (Å²) in [5, 5.41) is 0. The zero-order valence-electron chi connectivity index (χ0n) is 10.1. The predicted molar refractivity (Wildman–Crippen MR) is 66.6 cm³/mol. The SMILES string of the molecule is Cc1ccc(-c2nc3coc(C=O)c3o2)cc1C. The third-order valence-electron chi connectivity index (χ3n) is 3.04. The third-order valence-corrected chi connectivity index (χ3v) is 3.04. The lowest BCUT2D eigenvalue weighted by Gasteiger charge is -2.01. The van der Waals surface area contributed by atoms with Crippen molar-refractivity contribution in [3.05, 3.63) is 41.3 Å². The van der Waals surface area contributed by atoms with Crippen molar-refractivity contribution < 1.29 is 13.6 Å². The lowest BCUT2D eigenvalue weighted by molar-refractivity contribution is 0.110. The number of aromatic nitrogens is 1. The molecule has 3 rings (SSSR count). The Hall–Kier alpha value is -2.36. The number of carbonyl (C=O) groups is 1. The standard InChI is InChI=1S/C14H11NO3/c1-8-3-4-10(5-9(8)2)14-15-11-7-17-12(6-16)13(11)18-14/h3-7H,1-2H3. The van der Waals surface area contributed by atoms with Crippen LogP contribution in [0.2, 0.25) is 0 Å². The van der Waals surface area contributed by atoms with Crippen molar-refractivity contribution in [2.45, 2.75) is 13.8 Å². The van der Waals surface area contributed by atoms with Crippen LogP contribution in [0.1, 0.15) is 21.7 Å². The van der Waals surface area contributed by atoms with Crippen LogP contribution < -0.4 is 0 Å². The normalized spacial score (nSPS) is 11.0. The average Bonchev–Trinajstić information content (AvgIpc) is 2.92. The van der Waals surface area contributed by atoms with Crippen molar-refractivity contribution >= 4 is 17.4 Å². The Morgan fingerprint density at radius 1 is 1.22 bits per heavy atom. The van der Waals surface area contributed by atoms with Gasteiger partial charge in [-0.2, -0.15) is 0 Å². The van der Waals surface area contributed by atoms with E-state index in [9.17, 15) is 4.79 Å². The fourth-order valence-electron chi connectivity index (χ4n) is 1.84. The van der Waals surface area contributed by atoms with Gasteiger partial charge in [0.15, 0.2) is 6.29 Å². The van der Waals surface area contributed by atoms with Crippen molar-refractivity contribution in [1.82, 2.24) is 4.98 Å². The average molecular weight is 241 g/mol. The number of aldehydes is 1. The summed E-state index contributed by atoms with van der Waals surface area (Å²) in [5.74, 6) is 0.676. The number of carbonyl (C=O) groups excluding carboxylic acids is 1. The van der Waals surface area contributed by atoms with Gasteiger partial charge in [-0.1, -0.05) is 6.07 Å². The summed E-state index contributed by atoms with van der Waals surface area (Å²) in [7, 11) is 0. The molecule has 4 nitrogen and oxygen atoms in total. The third kappa shape index (κ3) is 1.54. The van der Waals surface area contributed by atoms with Gasteiger partial charge in [0.05, 0.1) is 0 Å². The number of hydrogen-bond acceptors (Lipinski definition) is 4. The van der Waals surface area contributed by atoms with E-state index >= 15 is 0 Å². The van der Waals surface area contributed by atoms with Gasteiger partial charge in [0.2, 0.25) is 17.2 Å². The molecule has 0 amide bonds. The van der Waals surface area contributed by atoms with Gasteiger partial charge in [0.25, 0.3) is 0 Å². The molecule has 0 fully saturated rings. The van der Waals surface area contributed by atoms with Gasteiger partial charge < -0.3 is 8.83 Å². The predicted octanol–water partition coefficient (Wildman–Crippen LogP) is 3.52. The van der Waals surface area contributed by atoms with Gasteiger partial charge in [-0.15, -0.1) is 0 Å². The Labute approximate surface area is 103 Å². The fourth-order valence-corrected chi connectivity index (χ4v) is 1.84. The maximum absolute atomic E-state index is 10.7. The smallest absolute Gasteiger partial charge is 0.227 e. The number of benzene rings is 1. The van der Waals surface area contributed by atoms with Crippen LogP contribution >= 0.6 is 0 Å². The van der Waals surface area contributed by atoms with Gasteiger partial charge in [0, 0.05) is 5.56 Å². The van der Waals surface area contributed by atoms with Gasteiger partial charge >= 0.3 is 0 Å². The summed E-state index contributed by atoms with van der Waals surface area (Å²) >= 11 is 0. The second kappa shape index (κ2) is 3.84. The van der Waals surface area contributed by atoms with E-state index < -0.39 is 0 Å². The molecule has 0 aliphatic rings. The molecule has 0 radical (unpaired) electrons. The van der Waals surface area contributed by atoms with Crippen molar-refractivity contribution in [2.24, 2.45) is 0 Å². The van der Waals surface area contributed by atoms with E-state index in [2.05, 4.69) is 11.9 Å². The van der Waals surface area contributed by atoms with Gasteiger partial charge in [-0.05, 0) is 37.1 Å². The molecular weight excluding hydrogens is 230 g/mol. The van der Waals surface area contributed by atoms with Crippen molar-refractivity contribution in [1.29, 1.82) is 0 Å². The van der Waals surface area contributed by atoms with Crippen LogP contribution in [0.25, 0.3) is 22.6 Å². The monoisotopic (exact) mass is 241 g/mol. The molecule has 0 spiro atoms.